The van der Waals surface area contributed by atoms with Crippen molar-refractivity contribution in [1.29, 1.82) is 0 Å². The van der Waals surface area contributed by atoms with Gasteiger partial charge in [0, 0.05) is 0 Å². The van der Waals surface area contributed by atoms with Crippen molar-refractivity contribution in [3.8, 4) is 0 Å². The van der Waals surface area contributed by atoms with Crippen LogP contribution in [0.3, 0.4) is 0 Å². The van der Waals surface area contributed by atoms with Gasteiger partial charge >= 0.3 is 5.97 Å². The van der Waals surface area contributed by atoms with Gasteiger partial charge in [-0.25, -0.2) is 4.79 Å². The fourth-order valence-electron chi connectivity index (χ4n) is 0.971. The molecule has 0 radical (unpaired) electrons. The number of ether oxygens (including phenoxy) is 1. The lowest BCUT2D eigenvalue weighted by Crippen LogP contribution is -2.34. The molecule has 0 rings (SSSR count). The Labute approximate surface area is 80.1 Å². The standard InChI is InChI=1S/C10H20O3/c1-5-6-8(2)7-13-9(11)10(3,4)12/h8,12H,5-7H2,1-4H3. The highest BCUT2D eigenvalue weighted by atomic mass is 16.5. The Morgan fingerprint density at radius 2 is 2.08 bits per heavy atom. The zero-order valence-electron chi connectivity index (χ0n) is 8.96. The van der Waals surface area contributed by atoms with Crippen molar-refractivity contribution in [2.45, 2.75) is 46.1 Å². The summed E-state index contributed by atoms with van der Waals surface area (Å²) in [5.41, 5.74) is -1.37. The van der Waals surface area contributed by atoms with Crippen molar-refractivity contribution < 1.29 is 14.6 Å². The Hall–Kier alpha value is -0.570. The van der Waals surface area contributed by atoms with Crippen molar-refractivity contribution in [2.24, 2.45) is 5.92 Å². The molecule has 0 aliphatic carbocycles. The molecule has 0 fully saturated rings. The lowest BCUT2D eigenvalue weighted by molar-refractivity contribution is -0.163. The van der Waals surface area contributed by atoms with Crippen molar-refractivity contribution in [1.82, 2.24) is 0 Å². The normalized spacial score (nSPS) is 13.9. The van der Waals surface area contributed by atoms with Crippen LogP contribution < -0.4 is 0 Å². The van der Waals surface area contributed by atoms with Crippen LogP contribution in [0.15, 0.2) is 0 Å². The van der Waals surface area contributed by atoms with Crippen molar-refractivity contribution in [2.75, 3.05) is 6.61 Å². The molecule has 0 heterocycles. The molecule has 3 nitrogen and oxygen atoms in total. The van der Waals surface area contributed by atoms with Gasteiger partial charge in [-0.3, -0.25) is 0 Å². The summed E-state index contributed by atoms with van der Waals surface area (Å²) in [6.45, 7) is 7.38. The van der Waals surface area contributed by atoms with E-state index in [2.05, 4.69) is 6.92 Å². The number of hydrogen-bond donors (Lipinski definition) is 1. The van der Waals surface area contributed by atoms with E-state index in [1.165, 1.54) is 13.8 Å². The predicted octanol–water partition coefficient (Wildman–Crippen LogP) is 1.74. The number of carbonyl (C=O) groups excluding carboxylic acids is 1. The minimum atomic E-state index is -1.37. The lowest BCUT2D eigenvalue weighted by atomic mass is 10.1. The molecule has 78 valence electrons. The second-order valence-electron chi connectivity index (χ2n) is 4.05. The highest BCUT2D eigenvalue weighted by molar-refractivity contribution is 5.78. The molecule has 0 amide bonds. The van der Waals surface area contributed by atoms with Crippen LogP contribution in [0.25, 0.3) is 0 Å². The Bertz CT molecular complexity index is 158. The maximum Gasteiger partial charge on any atom is 0.337 e. The van der Waals surface area contributed by atoms with Gasteiger partial charge in [-0.2, -0.15) is 0 Å². The maximum atomic E-state index is 11.1. The van der Waals surface area contributed by atoms with Gasteiger partial charge in [0.1, 0.15) is 0 Å². The van der Waals surface area contributed by atoms with E-state index in [9.17, 15) is 9.90 Å². The largest absolute Gasteiger partial charge is 0.463 e. The molecule has 0 aromatic carbocycles. The highest BCUT2D eigenvalue weighted by Crippen LogP contribution is 2.09. The fraction of sp³-hybridized carbons (Fsp3) is 0.900. The van der Waals surface area contributed by atoms with Crippen molar-refractivity contribution in [3.05, 3.63) is 0 Å². The van der Waals surface area contributed by atoms with Gasteiger partial charge in [-0.05, 0) is 26.2 Å². The molecule has 0 aromatic rings. The third kappa shape index (κ3) is 5.64. The summed E-state index contributed by atoms with van der Waals surface area (Å²) < 4.78 is 4.93. The third-order valence-corrected chi connectivity index (χ3v) is 1.78. The predicted molar refractivity (Wildman–Crippen MR) is 51.3 cm³/mol. The van der Waals surface area contributed by atoms with Gasteiger partial charge in [0.25, 0.3) is 0 Å². The van der Waals surface area contributed by atoms with E-state index in [4.69, 9.17) is 4.74 Å². The monoisotopic (exact) mass is 188 g/mol. The number of rotatable bonds is 5. The summed E-state index contributed by atoms with van der Waals surface area (Å²) in [4.78, 5) is 11.1. The molecule has 3 heteroatoms. The molecule has 1 unspecified atom stereocenters. The average molecular weight is 188 g/mol. The Kier molecular flexibility index (Phi) is 4.99. The van der Waals surface area contributed by atoms with Crippen LogP contribution in [0.4, 0.5) is 0 Å². The van der Waals surface area contributed by atoms with Crippen LogP contribution in [0.2, 0.25) is 0 Å². The maximum absolute atomic E-state index is 11.1. The van der Waals surface area contributed by atoms with Gasteiger partial charge in [0.15, 0.2) is 5.60 Å². The van der Waals surface area contributed by atoms with Crippen LogP contribution in [-0.2, 0) is 9.53 Å². The Balaban J connectivity index is 3.71. The van der Waals surface area contributed by atoms with Crippen LogP contribution >= 0.6 is 0 Å². The highest BCUT2D eigenvalue weighted by Gasteiger charge is 2.25. The minimum absolute atomic E-state index is 0.372. The first-order chi connectivity index (χ1) is 5.88. The lowest BCUT2D eigenvalue weighted by Gasteiger charge is -2.17. The molecule has 0 aromatic heterocycles. The molecular weight excluding hydrogens is 168 g/mol. The van der Waals surface area contributed by atoms with E-state index in [-0.39, 0.29) is 0 Å². The summed E-state index contributed by atoms with van der Waals surface area (Å²) in [7, 11) is 0. The first-order valence-electron chi connectivity index (χ1n) is 4.77. The first kappa shape index (κ1) is 12.4. The summed E-state index contributed by atoms with van der Waals surface area (Å²) in [5, 5.41) is 9.25. The Morgan fingerprint density at radius 3 is 2.46 bits per heavy atom. The van der Waals surface area contributed by atoms with Gasteiger partial charge in [0.2, 0.25) is 0 Å². The Morgan fingerprint density at radius 1 is 1.54 bits per heavy atom. The fourth-order valence-corrected chi connectivity index (χ4v) is 0.971. The van der Waals surface area contributed by atoms with E-state index in [1.54, 1.807) is 0 Å². The number of carbonyl (C=O) groups is 1. The molecule has 0 spiro atoms. The molecule has 0 saturated carbocycles. The molecule has 13 heavy (non-hydrogen) atoms. The SMILES string of the molecule is CCCC(C)COC(=O)C(C)(C)O. The van der Waals surface area contributed by atoms with E-state index in [1.807, 2.05) is 6.92 Å². The van der Waals surface area contributed by atoms with Gasteiger partial charge in [-0.15, -0.1) is 0 Å². The summed E-state index contributed by atoms with van der Waals surface area (Å²) in [6, 6.07) is 0. The topological polar surface area (TPSA) is 46.5 Å². The molecule has 0 saturated heterocycles. The number of aliphatic hydroxyl groups is 1. The third-order valence-electron chi connectivity index (χ3n) is 1.78. The second-order valence-corrected chi connectivity index (χ2v) is 4.05. The van der Waals surface area contributed by atoms with Crippen LogP contribution in [0, 0.1) is 5.92 Å². The molecule has 0 bridgehead atoms. The van der Waals surface area contributed by atoms with Gasteiger partial charge < -0.3 is 9.84 Å². The van der Waals surface area contributed by atoms with E-state index in [0.717, 1.165) is 12.8 Å². The molecule has 0 aliphatic rings. The van der Waals surface area contributed by atoms with Crippen molar-refractivity contribution in [3.63, 3.8) is 0 Å². The van der Waals surface area contributed by atoms with Crippen LogP contribution in [-0.4, -0.2) is 23.3 Å². The van der Waals surface area contributed by atoms with E-state index in [0.29, 0.717) is 12.5 Å². The van der Waals surface area contributed by atoms with Gasteiger partial charge in [-0.1, -0.05) is 20.3 Å². The smallest absolute Gasteiger partial charge is 0.337 e. The minimum Gasteiger partial charge on any atom is -0.463 e. The van der Waals surface area contributed by atoms with E-state index < -0.39 is 11.6 Å². The molecule has 1 atom stereocenters. The summed E-state index contributed by atoms with van der Waals surface area (Å²) in [5.74, 6) is -0.174. The van der Waals surface area contributed by atoms with Crippen LogP contribution in [0.1, 0.15) is 40.5 Å². The zero-order chi connectivity index (χ0) is 10.5. The molecular formula is C10H20O3. The number of hydrogen-bond acceptors (Lipinski definition) is 3. The quantitative estimate of drug-likeness (QED) is 0.668. The van der Waals surface area contributed by atoms with Gasteiger partial charge in [0.05, 0.1) is 6.61 Å². The van der Waals surface area contributed by atoms with E-state index >= 15 is 0 Å². The average Bonchev–Trinajstić information content (AvgIpc) is 1.99. The van der Waals surface area contributed by atoms with Crippen LogP contribution in [0.5, 0.6) is 0 Å². The summed E-state index contributed by atoms with van der Waals surface area (Å²) in [6.07, 6.45) is 2.13. The zero-order valence-corrected chi connectivity index (χ0v) is 8.96. The molecule has 1 N–H and O–H groups in total. The number of esters is 1. The summed E-state index contributed by atoms with van der Waals surface area (Å²) >= 11 is 0. The molecule has 0 aliphatic heterocycles. The second kappa shape index (κ2) is 5.22. The first-order valence-corrected chi connectivity index (χ1v) is 4.77. The van der Waals surface area contributed by atoms with Crippen molar-refractivity contribution >= 4 is 5.97 Å².